The minimum Gasteiger partial charge on any atom is -0.355 e. The summed E-state index contributed by atoms with van der Waals surface area (Å²) in [7, 11) is -4.08. The smallest absolute Gasteiger partial charge is 0.264 e. The lowest BCUT2D eigenvalue weighted by Gasteiger charge is -2.32. The van der Waals surface area contributed by atoms with Crippen molar-refractivity contribution in [2.75, 3.05) is 17.4 Å². The Morgan fingerprint density at radius 3 is 2.14 bits per heavy atom. The summed E-state index contributed by atoms with van der Waals surface area (Å²) in [5, 5.41) is 2.76. The SMILES string of the molecule is CCNC(=O)[C@@H](C)N(Cc1ccccc1)C(=O)CN(c1cc(C)ccc1C)S(=O)(=O)c1ccc(C)cc1. The number of nitrogens with zero attached hydrogens (tertiary/aromatic N) is 2. The van der Waals surface area contributed by atoms with E-state index in [0.717, 1.165) is 26.6 Å². The first-order chi connectivity index (χ1) is 17.5. The molecule has 7 nitrogen and oxygen atoms in total. The highest BCUT2D eigenvalue weighted by Gasteiger charge is 2.33. The van der Waals surface area contributed by atoms with E-state index < -0.39 is 28.5 Å². The van der Waals surface area contributed by atoms with Gasteiger partial charge in [-0.15, -0.1) is 0 Å². The van der Waals surface area contributed by atoms with Crippen LogP contribution in [0.4, 0.5) is 5.69 Å². The fourth-order valence-corrected chi connectivity index (χ4v) is 5.49. The monoisotopic (exact) mass is 521 g/mol. The maximum absolute atomic E-state index is 13.9. The highest BCUT2D eigenvalue weighted by molar-refractivity contribution is 7.92. The number of amides is 2. The Labute approximate surface area is 220 Å². The number of nitrogens with one attached hydrogen (secondary N) is 1. The van der Waals surface area contributed by atoms with Crippen LogP contribution in [0.15, 0.2) is 77.7 Å². The lowest BCUT2D eigenvalue weighted by atomic mass is 10.1. The summed E-state index contributed by atoms with van der Waals surface area (Å²) in [5.74, 6) is -0.773. The molecule has 0 aliphatic heterocycles. The van der Waals surface area contributed by atoms with Crippen molar-refractivity contribution in [3.63, 3.8) is 0 Å². The molecule has 1 N–H and O–H groups in total. The predicted molar refractivity (Wildman–Crippen MR) is 147 cm³/mol. The van der Waals surface area contributed by atoms with Crippen LogP contribution in [0.1, 0.15) is 36.1 Å². The maximum atomic E-state index is 13.9. The molecular weight excluding hydrogens is 486 g/mol. The Hall–Kier alpha value is -3.65. The molecule has 0 radical (unpaired) electrons. The Morgan fingerprint density at radius 2 is 1.51 bits per heavy atom. The molecule has 0 spiro atoms. The molecule has 0 aliphatic rings. The molecule has 0 aliphatic carbocycles. The third kappa shape index (κ3) is 6.77. The molecule has 8 heteroatoms. The Balaban J connectivity index is 2.06. The number of aryl methyl sites for hydroxylation is 3. The zero-order chi connectivity index (χ0) is 27.2. The highest BCUT2D eigenvalue weighted by atomic mass is 32.2. The van der Waals surface area contributed by atoms with Crippen molar-refractivity contribution in [1.82, 2.24) is 10.2 Å². The number of rotatable bonds is 10. The molecular formula is C29H35N3O4S. The standard InChI is InChI=1S/C29H35N3O4S/c1-6-30-29(34)24(5)31(19-25-10-8-7-9-11-25)28(33)20-32(27-18-22(3)12-15-23(27)4)37(35,36)26-16-13-21(2)14-17-26/h7-18,24H,6,19-20H2,1-5H3,(H,30,34)/t24-/m1/s1. The fraction of sp³-hybridized carbons (Fsp3) is 0.310. The van der Waals surface area contributed by atoms with Crippen molar-refractivity contribution in [2.45, 2.75) is 52.1 Å². The van der Waals surface area contributed by atoms with E-state index in [1.807, 2.05) is 70.2 Å². The first-order valence-electron chi connectivity index (χ1n) is 12.3. The summed E-state index contributed by atoms with van der Waals surface area (Å²) in [6.45, 7) is 9.18. The van der Waals surface area contributed by atoms with Crippen molar-refractivity contribution in [3.05, 3.63) is 95.1 Å². The lowest BCUT2D eigenvalue weighted by molar-refractivity contribution is -0.139. The number of hydrogen-bond donors (Lipinski definition) is 1. The van der Waals surface area contributed by atoms with Gasteiger partial charge >= 0.3 is 0 Å². The molecule has 3 rings (SSSR count). The molecule has 3 aromatic carbocycles. The van der Waals surface area contributed by atoms with Crippen molar-refractivity contribution in [2.24, 2.45) is 0 Å². The predicted octanol–water partition coefficient (Wildman–Crippen LogP) is 4.36. The van der Waals surface area contributed by atoms with Gasteiger partial charge in [0.1, 0.15) is 12.6 Å². The minimum absolute atomic E-state index is 0.0955. The number of carbonyl (C=O) groups excluding carboxylic acids is 2. The Bertz CT molecular complexity index is 1340. The molecule has 196 valence electrons. The molecule has 37 heavy (non-hydrogen) atoms. The molecule has 3 aromatic rings. The molecule has 1 atom stereocenters. The van der Waals surface area contributed by atoms with Crippen LogP contribution in [-0.4, -0.2) is 44.3 Å². The van der Waals surface area contributed by atoms with Crippen molar-refractivity contribution >= 4 is 27.5 Å². The van der Waals surface area contributed by atoms with E-state index in [1.165, 1.54) is 4.90 Å². The zero-order valence-electron chi connectivity index (χ0n) is 22.1. The van der Waals surface area contributed by atoms with Gasteiger partial charge in [0, 0.05) is 13.1 Å². The topological polar surface area (TPSA) is 86.8 Å². The average Bonchev–Trinajstić information content (AvgIpc) is 2.87. The second kappa shape index (κ2) is 12.1. The lowest BCUT2D eigenvalue weighted by Crippen LogP contribution is -2.51. The summed E-state index contributed by atoms with van der Waals surface area (Å²) in [6, 6.07) is 20.6. The Morgan fingerprint density at radius 1 is 0.892 bits per heavy atom. The van der Waals surface area contributed by atoms with E-state index in [0.29, 0.717) is 12.2 Å². The molecule has 0 saturated heterocycles. The Kier molecular flexibility index (Phi) is 9.10. The van der Waals surface area contributed by atoms with Crippen LogP contribution in [0.2, 0.25) is 0 Å². The van der Waals surface area contributed by atoms with Gasteiger partial charge in [-0.2, -0.15) is 0 Å². The van der Waals surface area contributed by atoms with Crippen LogP contribution in [0.5, 0.6) is 0 Å². The molecule has 0 bridgehead atoms. The van der Waals surface area contributed by atoms with Crippen LogP contribution >= 0.6 is 0 Å². The molecule has 0 fully saturated rings. The maximum Gasteiger partial charge on any atom is 0.264 e. The second-order valence-electron chi connectivity index (χ2n) is 9.19. The van der Waals surface area contributed by atoms with Crippen LogP contribution < -0.4 is 9.62 Å². The molecule has 0 unspecified atom stereocenters. The second-order valence-corrected chi connectivity index (χ2v) is 11.1. The third-order valence-corrected chi connectivity index (χ3v) is 8.01. The van der Waals surface area contributed by atoms with Crippen LogP contribution in [0.25, 0.3) is 0 Å². The van der Waals surface area contributed by atoms with Gasteiger partial charge in [0.25, 0.3) is 10.0 Å². The van der Waals surface area contributed by atoms with Crippen molar-refractivity contribution in [1.29, 1.82) is 0 Å². The molecule has 0 saturated carbocycles. The van der Waals surface area contributed by atoms with Gasteiger partial charge in [-0.25, -0.2) is 8.42 Å². The number of hydrogen-bond acceptors (Lipinski definition) is 4. The van der Waals surface area contributed by atoms with Crippen LogP contribution in [0, 0.1) is 20.8 Å². The van der Waals surface area contributed by atoms with Crippen molar-refractivity contribution in [3.8, 4) is 0 Å². The number of carbonyl (C=O) groups is 2. The van der Waals surface area contributed by atoms with Crippen LogP contribution in [0.3, 0.4) is 0 Å². The molecule has 2 amide bonds. The number of likely N-dealkylation sites (N-methyl/N-ethyl adjacent to an activating group) is 1. The van der Waals surface area contributed by atoms with E-state index in [4.69, 9.17) is 0 Å². The van der Waals surface area contributed by atoms with Crippen LogP contribution in [-0.2, 0) is 26.2 Å². The largest absolute Gasteiger partial charge is 0.355 e. The normalized spacial score (nSPS) is 12.0. The number of sulfonamides is 1. The van der Waals surface area contributed by atoms with Gasteiger partial charge in [-0.1, -0.05) is 60.2 Å². The van der Waals surface area contributed by atoms with E-state index in [2.05, 4.69) is 5.32 Å². The first kappa shape index (κ1) is 27.9. The summed E-state index contributed by atoms with van der Waals surface area (Å²) < 4.78 is 29.0. The molecule has 0 aromatic heterocycles. The third-order valence-electron chi connectivity index (χ3n) is 6.24. The van der Waals surface area contributed by atoms with E-state index in [1.54, 1.807) is 37.3 Å². The van der Waals surface area contributed by atoms with Crippen molar-refractivity contribution < 1.29 is 18.0 Å². The van der Waals surface area contributed by atoms with Gasteiger partial charge in [0.15, 0.2) is 0 Å². The fourth-order valence-electron chi connectivity index (χ4n) is 4.02. The summed E-state index contributed by atoms with van der Waals surface area (Å²) in [6.07, 6.45) is 0. The van der Waals surface area contributed by atoms with E-state index in [9.17, 15) is 18.0 Å². The summed E-state index contributed by atoms with van der Waals surface area (Å²) >= 11 is 0. The first-order valence-corrected chi connectivity index (χ1v) is 13.8. The zero-order valence-corrected chi connectivity index (χ0v) is 22.9. The molecule has 0 heterocycles. The number of anilines is 1. The van der Waals surface area contributed by atoms with Gasteiger partial charge in [0.2, 0.25) is 11.8 Å². The van der Waals surface area contributed by atoms with Gasteiger partial charge in [0.05, 0.1) is 10.6 Å². The highest BCUT2D eigenvalue weighted by Crippen LogP contribution is 2.28. The number of benzene rings is 3. The summed E-state index contributed by atoms with van der Waals surface area (Å²) in [4.78, 5) is 28.1. The van der Waals surface area contributed by atoms with E-state index >= 15 is 0 Å². The van der Waals surface area contributed by atoms with Gasteiger partial charge < -0.3 is 10.2 Å². The quantitative estimate of drug-likeness (QED) is 0.430. The minimum atomic E-state index is -4.08. The summed E-state index contributed by atoms with van der Waals surface area (Å²) in [5.41, 5.74) is 3.79. The van der Waals surface area contributed by atoms with Gasteiger partial charge in [-0.05, 0) is 69.5 Å². The average molecular weight is 522 g/mol. The van der Waals surface area contributed by atoms with Gasteiger partial charge in [-0.3, -0.25) is 13.9 Å². The van der Waals surface area contributed by atoms with E-state index in [-0.39, 0.29) is 17.3 Å².